The number of aliphatic hydroxyl groups excluding tert-OH is 1. The fourth-order valence-corrected chi connectivity index (χ4v) is 2.42. The molecule has 1 aromatic carbocycles. The van der Waals surface area contributed by atoms with E-state index in [4.69, 9.17) is 16.7 Å². The van der Waals surface area contributed by atoms with Gasteiger partial charge in [-0.2, -0.15) is 0 Å². The van der Waals surface area contributed by atoms with Gasteiger partial charge in [-0.15, -0.1) is 12.6 Å². The maximum atomic E-state index is 12.2. The van der Waals surface area contributed by atoms with Crippen LogP contribution in [0.5, 0.6) is 0 Å². The molecular formula is C12H14ClNO2S. The SMILES string of the molecule is O=C(c1cc(S)ccc1Cl)N1CCC(CO)C1. The van der Waals surface area contributed by atoms with E-state index in [1.807, 2.05) is 0 Å². The molecule has 1 aliphatic rings. The molecular weight excluding hydrogens is 258 g/mol. The van der Waals surface area contributed by atoms with Crippen LogP contribution >= 0.6 is 24.2 Å². The number of amides is 1. The summed E-state index contributed by atoms with van der Waals surface area (Å²) in [7, 11) is 0. The summed E-state index contributed by atoms with van der Waals surface area (Å²) in [6, 6.07) is 5.11. The van der Waals surface area contributed by atoms with Crippen LogP contribution in [0.15, 0.2) is 23.1 Å². The minimum atomic E-state index is -0.0816. The average Bonchev–Trinajstić information content (AvgIpc) is 2.80. The van der Waals surface area contributed by atoms with E-state index in [-0.39, 0.29) is 18.4 Å². The number of hydrogen-bond donors (Lipinski definition) is 2. The zero-order valence-corrected chi connectivity index (χ0v) is 10.9. The lowest BCUT2D eigenvalue weighted by atomic mass is 10.1. The van der Waals surface area contributed by atoms with Gasteiger partial charge in [-0.05, 0) is 24.6 Å². The maximum absolute atomic E-state index is 12.2. The van der Waals surface area contributed by atoms with Crippen LogP contribution in [0.2, 0.25) is 5.02 Å². The molecule has 0 radical (unpaired) electrons. The Morgan fingerprint density at radius 2 is 2.35 bits per heavy atom. The van der Waals surface area contributed by atoms with Crippen LogP contribution in [0.25, 0.3) is 0 Å². The van der Waals surface area contributed by atoms with Crippen molar-refractivity contribution in [2.24, 2.45) is 5.92 Å². The molecule has 1 aromatic rings. The molecule has 17 heavy (non-hydrogen) atoms. The normalized spacial score (nSPS) is 19.7. The summed E-state index contributed by atoms with van der Waals surface area (Å²) in [5.74, 6) is 0.110. The standard InChI is InChI=1S/C12H14ClNO2S/c13-11-2-1-9(17)5-10(11)12(16)14-4-3-8(6-14)7-15/h1-2,5,8,15,17H,3-4,6-7H2. The summed E-state index contributed by atoms with van der Waals surface area (Å²) >= 11 is 10.2. The van der Waals surface area contributed by atoms with Gasteiger partial charge in [0.25, 0.3) is 5.91 Å². The highest BCUT2D eigenvalue weighted by molar-refractivity contribution is 7.80. The Kier molecular flexibility index (Phi) is 3.97. The van der Waals surface area contributed by atoms with E-state index in [0.717, 1.165) is 11.3 Å². The lowest BCUT2D eigenvalue weighted by Gasteiger charge is -2.17. The van der Waals surface area contributed by atoms with Crippen molar-refractivity contribution in [1.29, 1.82) is 0 Å². The molecule has 1 amide bonds. The molecule has 0 aromatic heterocycles. The van der Waals surface area contributed by atoms with Gasteiger partial charge < -0.3 is 10.0 Å². The first-order chi connectivity index (χ1) is 8.11. The van der Waals surface area contributed by atoms with E-state index in [9.17, 15) is 4.79 Å². The number of hydrogen-bond acceptors (Lipinski definition) is 3. The quantitative estimate of drug-likeness (QED) is 0.809. The van der Waals surface area contributed by atoms with Gasteiger partial charge in [0.15, 0.2) is 0 Å². The van der Waals surface area contributed by atoms with Gasteiger partial charge in [0, 0.05) is 30.5 Å². The van der Waals surface area contributed by atoms with Crippen molar-refractivity contribution in [1.82, 2.24) is 4.90 Å². The van der Waals surface area contributed by atoms with E-state index < -0.39 is 0 Å². The number of thiol groups is 1. The smallest absolute Gasteiger partial charge is 0.255 e. The molecule has 5 heteroatoms. The van der Waals surface area contributed by atoms with Crippen molar-refractivity contribution < 1.29 is 9.90 Å². The van der Waals surface area contributed by atoms with Gasteiger partial charge in [-0.3, -0.25) is 4.79 Å². The molecule has 1 atom stereocenters. The molecule has 3 nitrogen and oxygen atoms in total. The molecule has 1 heterocycles. The number of carbonyl (C=O) groups excluding carboxylic acids is 1. The lowest BCUT2D eigenvalue weighted by molar-refractivity contribution is 0.0782. The van der Waals surface area contributed by atoms with Crippen molar-refractivity contribution in [3.05, 3.63) is 28.8 Å². The number of nitrogens with zero attached hydrogens (tertiary/aromatic N) is 1. The van der Waals surface area contributed by atoms with Gasteiger partial charge >= 0.3 is 0 Å². The fraction of sp³-hybridized carbons (Fsp3) is 0.417. The van der Waals surface area contributed by atoms with Gasteiger partial charge in [0.1, 0.15) is 0 Å². The third-order valence-electron chi connectivity index (χ3n) is 3.01. The van der Waals surface area contributed by atoms with Crippen LogP contribution in [0.1, 0.15) is 16.8 Å². The Bertz CT molecular complexity index is 439. The van der Waals surface area contributed by atoms with Crippen molar-refractivity contribution >= 4 is 30.1 Å². The largest absolute Gasteiger partial charge is 0.396 e. The van der Waals surface area contributed by atoms with Crippen LogP contribution < -0.4 is 0 Å². The molecule has 0 saturated carbocycles. The molecule has 0 aliphatic carbocycles. The molecule has 1 aliphatic heterocycles. The molecule has 1 unspecified atom stereocenters. The van der Waals surface area contributed by atoms with E-state index in [1.54, 1.807) is 23.1 Å². The Morgan fingerprint density at radius 1 is 1.59 bits per heavy atom. The predicted molar refractivity (Wildman–Crippen MR) is 69.8 cm³/mol. The van der Waals surface area contributed by atoms with Gasteiger partial charge in [0.2, 0.25) is 0 Å². The number of halogens is 1. The highest BCUT2D eigenvalue weighted by Crippen LogP contribution is 2.24. The van der Waals surface area contributed by atoms with Crippen molar-refractivity contribution in [2.75, 3.05) is 19.7 Å². The highest BCUT2D eigenvalue weighted by Gasteiger charge is 2.27. The minimum absolute atomic E-state index is 0.0816. The average molecular weight is 272 g/mol. The third kappa shape index (κ3) is 2.76. The van der Waals surface area contributed by atoms with Crippen molar-refractivity contribution in [2.45, 2.75) is 11.3 Å². The highest BCUT2D eigenvalue weighted by atomic mass is 35.5. The number of aliphatic hydroxyl groups is 1. The van der Waals surface area contributed by atoms with E-state index in [2.05, 4.69) is 12.6 Å². The predicted octanol–water partition coefficient (Wildman–Crippen LogP) is 2.08. The van der Waals surface area contributed by atoms with Gasteiger partial charge in [-0.1, -0.05) is 11.6 Å². The lowest BCUT2D eigenvalue weighted by Crippen LogP contribution is -2.29. The van der Waals surface area contributed by atoms with Gasteiger partial charge in [-0.25, -0.2) is 0 Å². The molecule has 1 saturated heterocycles. The molecule has 1 N–H and O–H groups in total. The Labute approximate surface area is 111 Å². The number of rotatable bonds is 2. The zero-order valence-electron chi connectivity index (χ0n) is 9.27. The molecule has 0 spiro atoms. The van der Waals surface area contributed by atoms with Crippen LogP contribution in [0, 0.1) is 5.92 Å². The Morgan fingerprint density at radius 3 is 3.00 bits per heavy atom. The van der Waals surface area contributed by atoms with Crippen LogP contribution in [-0.4, -0.2) is 35.6 Å². The summed E-state index contributed by atoms with van der Waals surface area (Å²) in [6.45, 7) is 1.41. The number of likely N-dealkylation sites (tertiary alicyclic amines) is 1. The summed E-state index contributed by atoms with van der Waals surface area (Å²) < 4.78 is 0. The second-order valence-electron chi connectivity index (χ2n) is 4.25. The number of benzene rings is 1. The van der Waals surface area contributed by atoms with Crippen LogP contribution in [-0.2, 0) is 0 Å². The Hall–Kier alpha value is -0.710. The molecule has 1 fully saturated rings. The summed E-state index contributed by atoms with van der Waals surface area (Å²) in [5.41, 5.74) is 0.484. The minimum Gasteiger partial charge on any atom is -0.396 e. The molecule has 92 valence electrons. The van der Waals surface area contributed by atoms with E-state index in [1.165, 1.54) is 0 Å². The van der Waals surface area contributed by atoms with Crippen molar-refractivity contribution in [3.63, 3.8) is 0 Å². The first-order valence-electron chi connectivity index (χ1n) is 5.50. The first-order valence-corrected chi connectivity index (χ1v) is 6.33. The second kappa shape index (κ2) is 5.29. The van der Waals surface area contributed by atoms with Crippen molar-refractivity contribution in [3.8, 4) is 0 Å². The van der Waals surface area contributed by atoms with E-state index in [0.29, 0.717) is 23.7 Å². The summed E-state index contributed by atoms with van der Waals surface area (Å²) in [5, 5.41) is 9.50. The Balaban J connectivity index is 2.17. The number of carbonyl (C=O) groups is 1. The van der Waals surface area contributed by atoms with Crippen LogP contribution in [0.3, 0.4) is 0 Å². The summed E-state index contributed by atoms with van der Waals surface area (Å²) in [4.78, 5) is 14.7. The van der Waals surface area contributed by atoms with Crippen LogP contribution in [0.4, 0.5) is 0 Å². The second-order valence-corrected chi connectivity index (χ2v) is 5.18. The fourth-order valence-electron chi connectivity index (χ4n) is 2.01. The molecule has 0 bridgehead atoms. The zero-order chi connectivity index (χ0) is 12.4. The maximum Gasteiger partial charge on any atom is 0.255 e. The first kappa shape index (κ1) is 12.7. The monoisotopic (exact) mass is 271 g/mol. The molecule has 2 rings (SSSR count). The van der Waals surface area contributed by atoms with Gasteiger partial charge in [0.05, 0.1) is 10.6 Å². The summed E-state index contributed by atoms with van der Waals surface area (Å²) in [6.07, 6.45) is 0.848. The third-order valence-corrected chi connectivity index (χ3v) is 3.62. The van der Waals surface area contributed by atoms with E-state index >= 15 is 0 Å². The topological polar surface area (TPSA) is 40.5 Å².